The van der Waals surface area contributed by atoms with Gasteiger partial charge in [-0.25, -0.2) is 9.59 Å². The van der Waals surface area contributed by atoms with Crippen LogP contribution in [-0.4, -0.2) is 63.8 Å². The number of anilines is 1. The maximum Gasteiger partial charge on any atom is 0.422 e. The van der Waals surface area contributed by atoms with E-state index in [-0.39, 0.29) is 23.8 Å². The predicted octanol–water partition coefficient (Wildman–Crippen LogP) is 5.35. The van der Waals surface area contributed by atoms with Gasteiger partial charge in [0, 0.05) is 18.7 Å². The van der Waals surface area contributed by atoms with Gasteiger partial charge in [-0.15, -0.1) is 0 Å². The molecule has 0 saturated carbocycles. The highest BCUT2D eigenvalue weighted by Gasteiger charge is 2.53. The molecule has 1 aliphatic heterocycles. The molecule has 1 aliphatic rings. The van der Waals surface area contributed by atoms with E-state index in [0.29, 0.717) is 5.69 Å². The zero-order chi connectivity index (χ0) is 30.5. The number of hydrogen-bond acceptors (Lipinski definition) is 5. The second-order valence-corrected chi connectivity index (χ2v) is 15.4. The Hall–Kier alpha value is -3.83. The molecule has 11 heteroatoms. The summed E-state index contributed by atoms with van der Waals surface area (Å²) in [4.78, 5) is 27.6. The van der Waals surface area contributed by atoms with E-state index in [1.165, 1.54) is 36.3 Å². The van der Waals surface area contributed by atoms with E-state index < -0.39 is 45.2 Å². The van der Waals surface area contributed by atoms with Crippen LogP contribution >= 0.6 is 0 Å². The van der Waals surface area contributed by atoms with Gasteiger partial charge in [-0.2, -0.15) is 13.2 Å². The minimum atomic E-state index is -4.46. The third kappa shape index (κ3) is 6.96. The van der Waals surface area contributed by atoms with Crippen LogP contribution in [0.4, 0.5) is 23.7 Å². The molecule has 4 rings (SSSR count). The number of ether oxygens (including phenoxy) is 2. The molecule has 0 aromatic heterocycles. The fourth-order valence-electron chi connectivity index (χ4n) is 5.40. The second-order valence-electron chi connectivity index (χ2n) is 11.2. The highest BCUT2D eigenvalue weighted by Crippen LogP contribution is 2.39. The fraction of sp³-hybridized carbons (Fsp3) is 0.355. The van der Waals surface area contributed by atoms with Crippen molar-refractivity contribution in [2.24, 2.45) is 0 Å². The summed E-state index contributed by atoms with van der Waals surface area (Å²) in [6, 6.07) is 24.3. The molecule has 2 atom stereocenters. The number of halogens is 3. The lowest BCUT2D eigenvalue weighted by molar-refractivity contribution is -0.153. The first-order valence-electron chi connectivity index (χ1n) is 13.6. The summed E-state index contributed by atoms with van der Waals surface area (Å²) in [5.41, 5.74) is 0.333. The maximum atomic E-state index is 13.4. The molecule has 1 N–H and O–H groups in total. The number of esters is 1. The number of benzene rings is 3. The van der Waals surface area contributed by atoms with Crippen molar-refractivity contribution in [2.45, 2.75) is 50.6 Å². The van der Waals surface area contributed by atoms with Gasteiger partial charge in [0.1, 0.15) is 11.8 Å². The third-order valence-electron chi connectivity index (χ3n) is 7.27. The van der Waals surface area contributed by atoms with Crippen molar-refractivity contribution in [2.75, 3.05) is 25.6 Å². The molecular formula is C31H35F3N2O5Si. The lowest BCUT2D eigenvalue weighted by Gasteiger charge is -2.44. The van der Waals surface area contributed by atoms with Gasteiger partial charge >= 0.3 is 18.2 Å². The van der Waals surface area contributed by atoms with Gasteiger partial charge in [-0.1, -0.05) is 81.4 Å². The summed E-state index contributed by atoms with van der Waals surface area (Å²) >= 11 is 0. The van der Waals surface area contributed by atoms with Gasteiger partial charge in [0.15, 0.2) is 6.61 Å². The number of alkyl halides is 3. The van der Waals surface area contributed by atoms with Crippen molar-refractivity contribution < 1.29 is 36.7 Å². The molecule has 0 radical (unpaired) electrons. The molecule has 7 nitrogen and oxygen atoms in total. The summed E-state index contributed by atoms with van der Waals surface area (Å²) in [7, 11) is -1.69. The van der Waals surface area contributed by atoms with E-state index in [0.717, 1.165) is 10.4 Å². The maximum absolute atomic E-state index is 13.4. The average molecular weight is 601 g/mol. The number of rotatable bonds is 8. The standard InChI is InChI=1S/C31H35F3N2O5Si/c1-30(2,3)42(25-11-7-5-8-12-25,26-13-9-6-10-14-26)41-24-19-27(28(37)39-4)36(20-24)29(38)35-22-15-17-23(18-16-22)40-21-31(32,33)34/h5-18,24,27H,19-21H2,1-4H3,(H,35,38). The first-order valence-corrected chi connectivity index (χ1v) is 15.5. The Labute approximate surface area is 244 Å². The van der Waals surface area contributed by atoms with Crippen molar-refractivity contribution in [1.82, 2.24) is 4.90 Å². The quantitative estimate of drug-likeness (QED) is 0.279. The van der Waals surface area contributed by atoms with Crippen LogP contribution in [0.25, 0.3) is 0 Å². The molecule has 0 aliphatic carbocycles. The van der Waals surface area contributed by atoms with E-state index in [9.17, 15) is 22.8 Å². The van der Waals surface area contributed by atoms with Crippen LogP contribution < -0.4 is 20.4 Å². The molecule has 224 valence electrons. The molecule has 2 amide bonds. The van der Waals surface area contributed by atoms with Crippen molar-refractivity contribution >= 4 is 36.4 Å². The highest BCUT2D eigenvalue weighted by molar-refractivity contribution is 6.99. The second kappa shape index (κ2) is 12.6. The van der Waals surface area contributed by atoms with Gasteiger partial charge in [-0.3, -0.25) is 0 Å². The number of carbonyl (C=O) groups is 2. The van der Waals surface area contributed by atoms with Crippen LogP contribution in [0.2, 0.25) is 5.04 Å². The summed E-state index contributed by atoms with van der Waals surface area (Å²) in [5.74, 6) is -0.549. The van der Waals surface area contributed by atoms with Crippen molar-refractivity contribution in [3.63, 3.8) is 0 Å². The lowest BCUT2D eigenvalue weighted by atomic mass is 10.2. The number of nitrogens with zero attached hydrogens (tertiary/aromatic N) is 1. The number of amides is 2. The molecule has 1 heterocycles. The number of nitrogens with one attached hydrogen (secondary N) is 1. The normalized spacial score (nSPS) is 17.5. The SMILES string of the molecule is COC(=O)C1CC(O[Si](c2ccccc2)(c2ccccc2)C(C)(C)C)CN1C(=O)Nc1ccc(OCC(F)(F)F)cc1. The molecular weight excluding hydrogens is 565 g/mol. The van der Waals surface area contributed by atoms with Crippen molar-refractivity contribution in [3.8, 4) is 5.75 Å². The van der Waals surface area contributed by atoms with E-state index in [2.05, 4.69) is 50.4 Å². The van der Waals surface area contributed by atoms with Crippen LogP contribution in [0.1, 0.15) is 27.2 Å². The Morgan fingerprint density at radius 1 is 0.905 bits per heavy atom. The Morgan fingerprint density at radius 2 is 1.45 bits per heavy atom. The number of urea groups is 1. The number of methoxy groups -OCH3 is 1. The Balaban J connectivity index is 1.59. The van der Waals surface area contributed by atoms with Gasteiger partial charge < -0.3 is 24.1 Å². The molecule has 42 heavy (non-hydrogen) atoms. The molecule has 1 fully saturated rings. The molecule has 1 saturated heterocycles. The Bertz CT molecular complexity index is 1310. The molecule has 0 bridgehead atoms. The minimum Gasteiger partial charge on any atom is -0.484 e. The van der Waals surface area contributed by atoms with Crippen molar-refractivity contribution in [1.29, 1.82) is 0 Å². The van der Waals surface area contributed by atoms with Gasteiger partial charge in [0.2, 0.25) is 0 Å². The molecule has 0 spiro atoms. The largest absolute Gasteiger partial charge is 0.484 e. The molecule has 2 unspecified atom stereocenters. The number of hydrogen-bond donors (Lipinski definition) is 1. The topological polar surface area (TPSA) is 77.1 Å². The van der Waals surface area contributed by atoms with Crippen LogP contribution in [0.15, 0.2) is 84.9 Å². The van der Waals surface area contributed by atoms with Crippen LogP contribution in [0.3, 0.4) is 0 Å². The van der Waals surface area contributed by atoms with E-state index in [4.69, 9.17) is 13.9 Å². The van der Waals surface area contributed by atoms with Gasteiger partial charge in [0.25, 0.3) is 8.32 Å². The number of likely N-dealkylation sites (tertiary alicyclic amines) is 1. The number of carbonyl (C=O) groups excluding carboxylic acids is 2. The summed E-state index contributed by atoms with van der Waals surface area (Å²) in [6.45, 7) is 5.18. The Morgan fingerprint density at radius 3 is 1.93 bits per heavy atom. The smallest absolute Gasteiger partial charge is 0.422 e. The first kappa shape index (κ1) is 31.1. The summed E-state index contributed by atoms with van der Waals surface area (Å²) in [6.07, 6.45) is -4.68. The Kier molecular flexibility index (Phi) is 9.32. The first-order chi connectivity index (χ1) is 19.8. The highest BCUT2D eigenvalue weighted by atomic mass is 28.4. The zero-order valence-electron chi connectivity index (χ0n) is 24.0. The predicted molar refractivity (Wildman–Crippen MR) is 157 cm³/mol. The van der Waals surface area contributed by atoms with Gasteiger partial charge in [-0.05, 0) is 39.7 Å². The van der Waals surface area contributed by atoms with Crippen LogP contribution in [-0.2, 0) is 14.0 Å². The average Bonchev–Trinajstić information content (AvgIpc) is 3.39. The van der Waals surface area contributed by atoms with Crippen LogP contribution in [0, 0.1) is 0 Å². The van der Waals surface area contributed by atoms with E-state index >= 15 is 0 Å². The summed E-state index contributed by atoms with van der Waals surface area (Å²) < 4.78 is 54.3. The zero-order valence-corrected chi connectivity index (χ0v) is 25.0. The van der Waals surface area contributed by atoms with Crippen LogP contribution in [0.5, 0.6) is 5.75 Å². The fourth-order valence-corrected chi connectivity index (χ4v) is 10.1. The monoisotopic (exact) mass is 600 g/mol. The van der Waals surface area contributed by atoms with E-state index in [1.807, 2.05) is 36.4 Å². The molecule has 3 aromatic rings. The summed E-state index contributed by atoms with van der Waals surface area (Å²) in [5, 5.41) is 4.58. The molecule has 3 aromatic carbocycles. The minimum absolute atomic E-state index is 0.0118. The third-order valence-corrected chi connectivity index (χ3v) is 12.4. The lowest BCUT2D eigenvalue weighted by Crippen LogP contribution is -2.67. The van der Waals surface area contributed by atoms with E-state index in [1.54, 1.807) is 0 Å². The van der Waals surface area contributed by atoms with Crippen molar-refractivity contribution in [3.05, 3.63) is 84.9 Å². The van der Waals surface area contributed by atoms with Gasteiger partial charge in [0.05, 0.1) is 13.2 Å².